The van der Waals surface area contributed by atoms with Gasteiger partial charge in [-0.15, -0.1) is 0 Å². The van der Waals surface area contributed by atoms with Gasteiger partial charge in [0.15, 0.2) is 11.5 Å². The Bertz CT molecular complexity index is 1330. The fourth-order valence-corrected chi connectivity index (χ4v) is 3.58. The average molecular weight is 424 g/mol. The number of amides is 1. The largest absolute Gasteiger partial charge is 0.493 e. The SMILES string of the molecule is COc1ccc2cnn(CC(=O)NCCc3c[nH]c4ccc(F)cc34)c(=O)c2c1OC. The van der Waals surface area contributed by atoms with E-state index in [-0.39, 0.29) is 18.3 Å². The Balaban J connectivity index is 1.47. The van der Waals surface area contributed by atoms with Crippen molar-refractivity contribution in [2.24, 2.45) is 0 Å². The molecular formula is C22H21FN4O4. The highest BCUT2D eigenvalue weighted by Gasteiger charge is 2.16. The van der Waals surface area contributed by atoms with Crippen LogP contribution in [0.5, 0.6) is 11.5 Å². The third kappa shape index (κ3) is 3.94. The summed E-state index contributed by atoms with van der Waals surface area (Å²) >= 11 is 0. The van der Waals surface area contributed by atoms with E-state index in [0.29, 0.717) is 35.2 Å². The molecule has 2 aromatic heterocycles. The first kappa shape index (κ1) is 20.4. The zero-order chi connectivity index (χ0) is 22.0. The Hall–Kier alpha value is -3.88. The number of halogens is 1. The zero-order valence-corrected chi connectivity index (χ0v) is 17.1. The van der Waals surface area contributed by atoms with Crippen LogP contribution in [0.2, 0.25) is 0 Å². The van der Waals surface area contributed by atoms with Crippen molar-refractivity contribution >= 4 is 27.6 Å². The number of hydrogen-bond acceptors (Lipinski definition) is 5. The summed E-state index contributed by atoms with van der Waals surface area (Å²) in [7, 11) is 2.93. The number of nitrogens with one attached hydrogen (secondary N) is 2. The fraction of sp³-hybridized carbons (Fsp3) is 0.227. The van der Waals surface area contributed by atoms with Crippen molar-refractivity contribution in [3.05, 3.63) is 64.5 Å². The van der Waals surface area contributed by atoms with Gasteiger partial charge in [0.05, 0.1) is 25.8 Å². The number of fused-ring (bicyclic) bond motifs is 2. The molecule has 0 fully saturated rings. The van der Waals surface area contributed by atoms with Gasteiger partial charge in [-0.3, -0.25) is 9.59 Å². The lowest BCUT2D eigenvalue weighted by molar-refractivity contribution is -0.121. The maximum atomic E-state index is 13.5. The first-order valence-electron chi connectivity index (χ1n) is 9.65. The van der Waals surface area contributed by atoms with E-state index in [0.717, 1.165) is 21.1 Å². The minimum absolute atomic E-state index is 0.238. The number of nitrogens with zero attached hydrogens (tertiary/aromatic N) is 2. The van der Waals surface area contributed by atoms with Crippen molar-refractivity contribution in [2.75, 3.05) is 20.8 Å². The average Bonchev–Trinajstić information content (AvgIpc) is 3.16. The Morgan fingerprint density at radius 2 is 2.06 bits per heavy atom. The highest BCUT2D eigenvalue weighted by Crippen LogP contribution is 2.32. The number of benzene rings is 2. The van der Waals surface area contributed by atoms with Gasteiger partial charge < -0.3 is 19.8 Å². The van der Waals surface area contributed by atoms with Crippen molar-refractivity contribution in [3.63, 3.8) is 0 Å². The molecule has 9 heteroatoms. The van der Waals surface area contributed by atoms with Crippen LogP contribution in [0.25, 0.3) is 21.7 Å². The highest BCUT2D eigenvalue weighted by atomic mass is 19.1. The van der Waals surface area contributed by atoms with Gasteiger partial charge in [0.25, 0.3) is 5.56 Å². The number of carbonyl (C=O) groups excluding carboxylic acids is 1. The maximum absolute atomic E-state index is 13.5. The number of aromatic nitrogens is 3. The molecule has 4 aromatic rings. The number of hydrogen-bond donors (Lipinski definition) is 2. The lowest BCUT2D eigenvalue weighted by atomic mass is 10.1. The smallest absolute Gasteiger partial charge is 0.279 e. The second-order valence-electron chi connectivity index (χ2n) is 6.98. The van der Waals surface area contributed by atoms with Crippen molar-refractivity contribution in [2.45, 2.75) is 13.0 Å². The Morgan fingerprint density at radius 3 is 2.84 bits per heavy atom. The molecule has 2 heterocycles. The third-order valence-electron chi connectivity index (χ3n) is 5.10. The molecule has 160 valence electrons. The van der Waals surface area contributed by atoms with Crippen LogP contribution >= 0.6 is 0 Å². The lowest BCUT2D eigenvalue weighted by Crippen LogP contribution is -2.34. The van der Waals surface area contributed by atoms with E-state index in [1.165, 1.54) is 32.5 Å². The quantitative estimate of drug-likeness (QED) is 0.475. The molecular weight excluding hydrogens is 403 g/mol. The molecule has 0 saturated heterocycles. The molecule has 31 heavy (non-hydrogen) atoms. The minimum atomic E-state index is -0.449. The number of aromatic amines is 1. The van der Waals surface area contributed by atoms with E-state index in [2.05, 4.69) is 15.4 Å². The van der Waals surface area contributed by atoms with Crippen LogP contribution in [0.4, 0.5) is 4.39 Å². The Morgan fingerprint density at radius 1 is 1.23 bits per heavy atom. The molecule has 1 amide bonds. The molecule has 0 aliphatic heterocycles. The number of methoxy groups -OCH3 is 2. The predicted octanol–water partition coefficient (Wildman–Crippen LogP) is 2.39. The van der Waals surface area contributed by atoms with Crippen LogP contribution in [-0.4, -0.2) is 41.4 Å². The summed E-state index contributed by atoms with van der Waals surface area (Å²) in [6.45, 7) is 0.0967. The molecule has 0 aliphatic carbocycles. The molecule has 0 aliphatic rings. The summed E-state index contributed by atoms with van der Waals surface area (Å²) in [4.78, 5) is 28.4. The Labute approximate surface area is 176 Å². The van der Waals surface area contributed by atoms with Crippen LogP contribution in [0.1, 0.15) is 5.56 Å². The van der Waals surface area contributed by atoms with Gasteiger partial charge in [0.1, 0.15) is 12.4 Å². The number of carbonyl (C=O) groups is 1. The van der Waals surface area contributed by atoms with Gasteiger partial charge in [-0.05, 0) is 42.3 Å². The normalized spacial score (nSPS) is 11.1. The van der Waals surface area contributed by atoms with E-state index in [9.17, 15) is 14.0 Å². The molecule has 0 radical (unpaired) electrons. The molecule has 0 unspecified atom stereocenters. The first-order valence-corrected chi connectivity index (χ1v) is 9.65. The fourth-order valence-electron chi connectivity index (χ4n) is 3.58. The maximum Gasteiger partial charge on any atom is 0.279 e. The second-order valence-corrected chi connectivity index (χ2v) is 6.98. The Kier molecular flexibility index (Phi) is 5.57. The summed E-state index contributed by atoms with van der Waals surface area (Å²) < 4.78 is 25.2. The number of H-pyrrole nitrogens is 1. The van der Waals surface area contributed by atoms with Crippen LogP contribution in [-0.2, 0) is 17.8 Å². The number of ether oxygens (including phenoxy) is 2. The standard InChI is InChI=1S/C22H21FN4O4/c1-30-18-6-3-14-11-26-27(22(29)20(14)21(18)31-2)12-19(28)24-8-7-13-10-25-17-5-4-15(23)9-16(13)17/h3-6,9-11,25H,7-8,12H2,1-2H3,(H,24,28). The number of rotatable bonds is 7. The van der Waals surface area contributed by atoms with Crippen molar-refractivity contribution in [1.29, 1.82) is 0 Å². The first-order chi connectivity index (χ1) is 15.0. The summed E-state index contributed by atoms with van der Waals surface area (Å²) in [6.07, 6.45) is 3.82. The summed E-state index contributed by atoms with van der Waals surface area (Å²) in [6, 6.07) is 7.93. The van der Waals surface area contributed by atoms with Gasteiger partial charge in [0, 0.05) is 29.0 Å². The third-order valence-corrected chi connectivity index (χ3v) is 5.10. The molecule has 0 spiro atoms. The molecule has 0 bridgehead atoms. The van der Waals surface area contributed by atoms with Gasteiger partial charge >= 0.3 is 0 Å². The van der Waals surface area contributed by atoms with Crippen LogP contribution in [0.15, 0.2) is 47.5 Å². The summed E-state index contributed by atoms with van der Waals surface area (Å²) in [5.74, 6) is 0.0469. The van der Waals surface area contributed by atoms with Gasteiger partial charge in [-0.2, -0.15) is 5.10 Å². The van der Waals surface area contributed by atoms with E-state index < -0.39 is 5.56 Å². The van der Waals surface area contributed by atoms with Crippen molar-refractivity contribution in [1.82, 2.24) is 20.1 Å². The van der Waals surface area contributed by atoms with Gasteiger partial charge in [-0.25, -0.2) is 9.07 Å². The summed E-state index contributed by atoms with van der Waals surface area (Å²) in [5, 5.41) is 8.52. The monoisotopic (exact) mass is 424 g/mol. The second kappa shape index (κ2) is 8.47. The highest BCUT2D eigenvalue weighted by molar-refractivity contribution is 5.89. The van der Waals surface area contributed by atoms with Gasteiger partial charge in [0.2, 0.25) is 5.91 Å². The zero-order valence-electron chi connectivity index (χ0n) is 17.1. The lowest BCUT2D eigenvalue weighted by Gasteiger charge is -2.12. The predicted molar refractivity (Wildman–Crippen MR) is 114 cm³/mol. The molecule has 0 saturated carbocycles. The van der Waals surface area contributed by atoms with E-state index in [1.807, 2.05) is 0 Å². The topological polar surface area (TPSA) is 98.2 Å². The van der Waals surface area contributed by atoms with Gasteiger partial charge in [-0.1, -0.05) is 0 Å². The van der Waals surface area contributed by atoms with E-state index >= 15 is 0 Å². The minimum Gasteiger partial charge on any atom is -0.493 e. The van der Waals surface area contributed by atoms with Crippen LogP contribution in [0, 0.1) is 5.82 Å². The molecule has 4 rings (SSSR count). The molecule has 8 nitrogen and oxygen atoms in total. The van der Waals surface area contributed by atoms with E-state index in [1.54, 1.807) is 24.4 Å². The molecule has 0 atom stereocenters. The van der Waals surface area contributed by atoms with Crippen molar-refractivity contribution < 1.29 is 18.7 Å². The van der Waals surface area contributed by atoms with Crippen LogP contribution < -0.4 is 20.3 Å². The molecule has 2 N–H and O–H groups in total. The van der Waals surface area contributed by atoms with E-state index in [4.69, 9.17) is 9.47 Å². The summed E-state index contributed by atoms with van der Waals surface area (Å²) in [5.41, 5.74) is 1.28. The van der Waals surface area contributed by atoms with Crippen molar-refractivity contribution in [3.8, 4) is 11.5 Å². The molecule has 2 aromatic carbocycles. The van der Waals surface area contributed by atoms with Crippen LogP contribution in [0.3, 0.4) is 0 Å².